The topological polar surface area (TPSA) is 91.3 Å². The van der Waals surface area contributed by atoms with E-state index in [-0.39, 0.29) is 41.5 Å². The number of aromatic amines is 1. The van der Waals surface area contributed by atoms with Crippen LogP contribution in [0.4, 0.5) is 5.82 Å². The molecule has 1 unspecified atom stereocenters. The smallest absolute Gasteiger partial charge is 0.250 e. The molecule has 2 amide bonds. The Morgan fingerprint density at radius 3 is 2.77 bits per heavy atom. The summed E-state index contributed by atoms with van der Waals surface area (Å²) in [5.74, 6) is 0.661. The minimum Gasteiger partial charge on any atom is -0.341 e. The number of fused-ring (bicyclic) bond motifs is 5. The number of piperidine rings is 1. The molecule has 1 aromatic carbocycles. The quantitative estimate of drug-likeness (QED) is 0.687. The van der Waals surface area contributed by atoms with Gasteiger partial charge in [-0.2, -0.15) is 5.10 Å². The van der Waals surface area contributed by atoms with Gasteiger partial charge in [0.15, 0.2) is 5.82 Å². The van der Waals surface area contributed by atoms with Crippen LogP contribution in [0.15, 0.2) is 47.3 Å². The number of rotatable bonds is 2. The summed E-state index contributed by atoms with van der Waals surface area (Å²) >= 11 is 0. The predicted octanol–water partition coefficient (Wildman–Crippen LogP) is 1.72. The number of carbonyl (C=O) groups excluding carboxylic acids is 2. The number of carbonyl (C=O) groups is 2. The molecule has 2 saturated heterocycles. The first kappa shape index (κ1) is 18.4. The second kappa shape index (κ2) is 6.80. The highest BCUT2D eigenvalue weighted by Gasteiger charge is 2.42. The van der Waals surface area contributed by atoms with Gasteiger partial charge in [-0.3, -0.25) is 24.4 Å². The van der Waals surface area contributed by atoms with Crippen molar-refractivity contribution in [2.24, 2.45) is 11.8 Å². The zero-order chi connectivity index (χ0) is 21.1. The van der Waals surface area contributed by atoms with Gasteiger partial charge in [-0.15, -0.1) is 0 Å². The van der Waals surface area contributed by atoms with E-state index in [1.54, 1.807) is 17.0 Å². The Bertz CT molecular complexity index is 1260. The van der Waals surface area contributed by atoms with E-state index in [0.29, 0.717) is 32.0 Å². The summed E-state index contributed by atoms with van der Waals surface area (Å²) < 4.78 is 1.87. The summed E-state index contributed by atoms with van der Waals surface area (Å²) in [6.07, 6.45) is 1.21. The molecule has 3 aromatic rings. The lowest BCUT2D eigenvalue weighted by atomic mass is 9.82. The van der Waals surface area contributed by atoms with Crippen molar-refractivity contribution in [3.05, 3.63) is 58.5 Å². The summed E-state index contributed by atoms with van der Waals surface area (Å²) in [6.45, 7) is 2.26. The first-order valence-corrected chi connectivity index (χ1v) is 10.8. The number of hydrogen-bond acceptors (Lipinski definition) is 4. The molecule has 3 atom stereocenters. The highest BCUT2D eigenvalue weighted by atomic mass is 16.2. The molecule has 0 spiro atoms. The van der Waals surface area contributed by atoms with Crippen molar-refractivity contribution >= 4 is 28.5 Å². The van der Waals surface area contributed by atoms with E-state index in [1.165, 1.54) is 0 Å². The number of H-pyrrole nitrogens is 1. The van der Waals surface area contributed by atoms with Gasteiger partial charge in [-0.25, -0.2) is 0 Å². The molecule has 31 heavy (non-hydrogen) atoms. The van der Waals surface area contributed by atoms with Crippen molar-refractivity contribution < 1.29 is 9.59 Å². The lowest BCUT2D eigenvalue weighted by Crippen LogP contribution is -2.50. The van der Waals surface area contributed by atoms with E-state index in [9.17, 15) is 14.4 Å². The van der Waals surface area contributed by atoms with Gasteiger partial charge in [0.05, 0.1) is 11.4 Å². The van der Waals surface area contributed by atoms with E-state index in [2.05, 4.69) is 10.2 Å². The minimum atomic E-state index is -0.361. The summed E-state index contributed by atoms with van der Waals surface area (Å²) in [4.78, 5) is 41.9. The van der Waals surface area contributed by atoms with Crippen molar-refractivity contribution in [1.82, 2.24) is 19.7 Å². The van der Waals surface area contributed by atoms with Crippen LogP contribution in [0.1, 0.15) is 24.5 Å². The Hall–Kier alpha value is -3.42. The van der Waals surface area contributed by atoms with Crippen molar-refractivity contribution in [1.29, 1.82) is 0 Å². The number of amides is 2. The Kier molecular flexibility index (Phi) is 4.03. The van der Waals surface area contributed by atoms with E-state index in [1.807, 2.05) is 39.8 Å². The lowest BCUT2D eigenvalue weighted by molar-refractivity contribution is -0.138. The van der Waals surface area contributed by atoms with Gasteiger partial charge in [0.2, 0.25) is 11.8 Å². The van der Waals surface area contributed by atoms with Crippen molar-refractivity contribution in [2.45, 2.75) is 25.3 Å². The van der Waals surface area contributed by atoms with E-state index in [4.69, 9.17) is 0 Å². The lowest BCUT2D eigenvalue weighted by Gasteiger charge is -2.43. The van der Waals surface area contributed by atoms with Gasteiger partial charge in [0, 0.05) is 55.7 Å². The zero-order valence-electron chi connectivity index (χ0n) is 17.0. The minimum absolute atomic E-state index is 0.0373. The summed E-state index contributed by atoms with van der Waals surface area (Å²) in [7, 11) is 0. The second-order valence-electron chi connectivity index (χ2n) is 8.94. The molecule has 0 saturated carbocycles. The number of hydrogen-bond donors (Lipinski definition) is 1. The van der Waals surface area contributed by atoms with Gasteiger partial charge >= 0.3 is 0 Å². The standard InChI is InChI=1S/C23H23N5O3/c29-20-7-3-6-19-15-8-14(11-27(19)20)10-26(12-15)23(31)16-9-21(30)28(13-16)22-17-4-1-2-5-18(17)24-25-22/h1-7,14-16H,8-13H2,(H,24,25)/t14-,15+,16?/m1/s1. The third kappa shape index (κ3) is 2.89. The molecular weight excluding hydrogens is 394 g/mol. The van der Waals surface area contributed by atoms with Gasteiger partial charge in [0.25, 0.3) is 5.56 Å². The molecule has 2 bridgehead atoms. The predicted molar refractivity (Wildman–Crippen MR) is 115 cm³/mol. The largest absolute Gasteiger partial charge is 0.341 e. The summed E-state index contributed by atoms with van der Waals surface area (Å²) in [5.41, 5.74) is 1.93. The maximum atomic E-state index is 13.4. The first-order chi connectivity index (χ1) is 15.1. The van der Waals surface area contributed by atoms with Crippen LogP contribution in [0.2, 0.25) is 0 Å². The molecule has 2 aromatic heterocycles. The van der Waals surface area contributed by atoms with Crippen LogP contribution in [0.25, 0.3) is 10.9 Å². The average molecular weight is 417 g/mol. The number of nitrogens with one attached hydrogen (secondary N) is 1. The summed E-state index contributed by atoms with van der Waals surface area (Å²) in [6, 6.07) is 13.1. The molecule has 5 heterocycles. The van der Waals surface area contributed by atoms with Crippen LogP contribution >= 0.6 is 0 Å². The second-order valence-corrected chi connectivity index (χ2v) is 8.94. The van der Waals surface area contributed by atoms with Crippen molar-refractivity contribution in [2.75, 3.05) is 24.5 Å². The maximum absolute atomic E-state index is 13.4. The highest BCUT2D eigenvalue weighted by molar-refractivity contribution is 6.05. The van der Waals surface area contributed by atoms with Gasteiger partial charge < -0.3 is 9.47 Å². The van der Waals surface area contributed by atoms with Gasteiger partial charge in [-0.1, -0.05) is 18.2 Å². The molecule has 3 aliphatic rings. The van der Waals surface area contributed by atoms with Crippen LogP contribution in [0.3, 0.4) is 0 Å². The molecule has 3 aliphatic heterocycles. The number of benzene rings is 1. The number of aromatic nitrogens is 3. The number of para-hydroxylation sites is 1. The van der Waals surface area contributed by atoms with Gasteiger partial charge in [-0.05, 0) is 30.5 Å². The fourth-order valence-electron chi connectivity index (χ4n) is 5.57. The molecule has 0 aliphatic carbocycles. The van der Waals surface area contributed by atoms with Crippen molar-refractivity contribution in [3.8, 4) is 0 Å². The molecule has 6 rings (SSSR count). The van der Waals surface area contributed by atoms with E-state index in [0.717, 1.165) is 23.0 Å². The maximum Gasteiger partial charge on any atom is 0.250 e. The Morgan fingerprint density at radius 2 is 1.87 bits per heavy atom. The first-order valence-electron chi connectivity index (χ1n) is 10.8. The fourth-order valence-corrected chi connectivity index (χ4v) is 5.57. The molecular formula is C23H23N5O3. The number of nitrogens with zero attached hydrogens (tertiary/aromatic N) is 4. The molecule has 8 heteroatoms. The Labute approximate surface area is 178 Å². The highest BCUT2D eigenvalue weighted by Crippen LogP contribution is 2.37. The third-order valence-electron chi connectivity index (χ3n) is 6.97. The van der Waals surface area contributed by atoms with Crippen LogP contribution < -0.4 is 10.5 Å². The number of pyridine rings is 1. The molecule has 2 fully saturated rings. The normalized spacial score (nSPS) is 25.2. The van der Waals surface area contributed by atoms with Crippen LogP contribution in [-0.4, -0.2) is 51.1 Å². The fraction of sp³-hybridized carbons (Fsp3) is 0.391. The van der Waals surface area contributed by atoms with E-state index < -0.39 is 0 Å². The molecule has 158 valence electrons. The Morgan fingerprint density at radius 1 is 1.00 bits per heavy atom. The Balaban J connectivity index is 1.22. The molecule has 1 N–H and O–H groups in total. The number of anilines is 1. The van der Waals surface area contributed by atoms with Crippen molar-refractivity contribution in [3.63, 3.8) is 0 Å². The third-order valence-corrected chi connectivity index (χ3v) is 6.97. The molecule has 0 radical (unpaired) electrons. The van der Waals surface area contributed by atoms with Gasteiger partial charge in [0.1, 0.15) is 0 Å². The molecule has 8 nitrogen and oxygen atoms in total. The van der Waals surface area contributed by atoms with Crippen LogP contribution in [0.5, 0.6) is 0 Å². The van der Waals surface area contributed by atoms with E-state index >= 15 is 0 Å². The average Bonchev–Trinajstić information content (AvgIpc) is 3.37. The monoisotopic (exact) mass is 417 g/mol. The summed E-state index contributed by atoms with van der Waals surface area (Å²) in [5, 5.41) is 8.19. The SMILES string of the molecule is O=C(C1CC(=O)N(c2n[nH]c3ccccc23)C1)N1C[C@H]2C[C@@H](C1)c1cccc(=O)n1C2. The van der Waals surface area contributed by atoms with Crippen LogP contribution in [0, 0.1) is 11.8 Å². The zero-order valence-corrected chi connectivity index (χ0v) is 17.0. The number of likely N-dealkylation sites (tertiary alicyclic amines) is 1. The van der Waals surface area contributed by atoms with Crippen LogP contribution in [-0.2, 0) is 16.1 Å².